The highest BCUT2D eigenvalue weighted by Gasteiger charge is 2.13. The smallest absolute Gasteiger partial charge is 0.275 e. The van der Waals surface area contributed by atoms with Gasteiger partial charge in [-0.15, -0.1) is 0 Å². The second-order valence-electron chi connectivity index (χ2n) is 3.27. The van der Waals surface area contributed by atoms with Crippen LogP contribution in [0.1, 0.15) is 5.82 Å². The molecule has 1 N–H and O–H groups in total. The second-order valence-corrected chi connectivity index (χ2v) is 5.28. The van der Waals surface area contributed by atoms with Crippen molar-refractivity contribution in [3.63, 3.8) is 0 Å². The van der Waals surface area contributed by atoms with Crippen LogP contribution >= 0.6 is 23.3 Å². The maximum absolute atomic E-state index is 10.8. The fourth-order valence-corrected chi connectivity index (χ4v) is 2.81. The first kappa shape index (κ1) is 12.7. The molecular weight excluding hydrogens is 274 g/mol. The van der Waals surface area contributed by atoms with Crippen molar-refractivity contribution < 1.29 is 4.92 Å². The summed E-state index contributed by atoms with van der Waals surface area (Å²) in [4.78, 5) is 18.7. The molecule has 0 amide bonds. The minimum absolute atomic E-state index is 0.00177. The summed E-state index contributed by atoms with van der Waals surface area (Å²) in [5.74, 6) is 1.13. The molecule has 0 aliphatic heterocycles. The molecule has 2 heterocycles. The van der Waals surface area contributed by atoms with Crippen molar-refractivity contribution in [3.8, 4) is 0 Å². The number of pyridine rings is 1. The fraction of sp³-hybridized carbons (Fsp3) is 0.222. The van der Waals surface area contributed by atoms with Crippen molar-refractivity contribution >= 4 is 34.8 Å². The molecule has 7 nitrogen and oxygen atoms in total. The molecule has 0 bridgehead atoms. The normalized spacial score (nSPS) is 10.3. The van der Waals surface area contributed by atoms with Gasteiger partial charge in [-0.1, -0.05) is 0 Å². The number of aryl methyl sites for hydroxylation is 1. The zero-order valence-electron chi connectivity index (χ0n) is 9.58. The van der Waals surface area contributed by atoms with Gasteiger partial charge in [-0.05, 0) is 30.2 Å². The average Bonchev–Trinajstić information content (AvgIpc) is 2.74. The molecule has 0 saturated heterocycles. The summed E-state index contributed by atoms with van der Waals surface area (Å²) in [5, 5.41) is 14.1. The van der Waals surface area contributed by atoms with E-state index in [0.717, 1.165) is 0 Å². The standard InChI is InChI=1S/C9H9N5O2S2/c1-5-11-9(18-13-5)17-8-4-6(14(15)16)3-7(10-2)12-8/h3-4H,1-2H3,(H,10,12). The highest BCUT2D eigenvalue weighted by Crippen LogP contribution is 2.31. The van der Waals surface area contributed by atoms with E-state index in [9.17, 15) is 10.1 Å². The topological polar surface area (TPSA) is 93.8 Å². The van der Waals surface area contributed by atoms with Gasteiger partial charge >= 0.3 is 0 Å². The summed E-state index contributed by atoms with van der Waals surface area (Å²) in [6.07, 6.45) is 0. The predicted octanol–water partition coefficient (Wildman–Crippen LogP) is 2.34. The Morgan fingerprint density at radius 1 is 1.44 bits per heavy atom. The SMILES string of the molecule is CNc1cc([N+](=O)[O-])cc(Sc2nc(C)ns2)n1. The van der Waals surface area contributed by atoms with E-state index < -0.39 is 4.92 Å². The van der Waals surface area contributed by atoms with Crippen molar-refractivity contribution in [2.45, 2.75) is 16.3 Å². The molecule has 0 unspecified atom stereocenters. The van der Waals surface area contributed by atoms with E-state index >= 15 is 0 Å². The number of rotatable bonds is 4. The first-order valence-electron chi connectivity index (χ1n) is 4.91. The third-order valence-electron chi connectivity index (χ3n) is 1.95. The van der Waals surface area contributed by atoms with Gasteiger partial charge in [0.05, 0.1) is 11.0 Å². The minimum Gasteiger partial charge on any atom is -0.373 e. The Morgan fingerprint density at radius 3 is 2.78 bits per heavy atom. The van der Waals surface area contributed by atoms with Crippen molar-refractivity contribution in [2.24, 2.45) is 0 Å². The van der Waals surface area contributed by atoms with Crippen LogP contribution in [0, 0.1) is 17.0 Å². The molecule has 0 spiro atoms. The van der Waals surface area contributed by atoms with Gasteiger partial charge in [-0.25, -0.2) is 9.97 Å². The van der Waals surface area contributed by atoms with Crippen molar-refractivity contribution in [1.29, 1.82) is 0 Å². The molecule has 0 radical (unpaired) electrons. The number of anilines is 1. The van der Waals surface area contributed by atoms with E-state index in [1.165, 1.54) is 35.4 Å². The highest BCUT2D eigenvalue weighted by molar-refractivity contribution is 8.00. The van der Waals surface area contributed by atoms with Crippen molar-refractivity contribution in [3.05, 3.63) is 28.1 Å². The molecule has 0 atom stereocenters. The van der Waals surface area contributed by atoms with Crippen LogP contribution in [-0.4, -0.2) is 26.3 Å². The van der Waals surface area contributed by atoms with Crippen LogP contribution in [-0.2, 0) is 0 Å². The molecule has 0 aliphatic carbocycles. The van der Waals surface area contributed by atoms with E-state index in [-0.39, 0.29) is 5.69 Å². The predicted molar refractivity (Wildman–Crippen MR) is 69.2 cm³/mol. The summed E-state index contributed by atoms with van der Waals surface area (Å²) in [7, 11) is 1.66. The number of nitrogens with one attached hydrogen (secondary N) is 1. The molecule has 94 valence electrons. The van der Waals surface area contributed by atoms with E-state index in [4.69, 9.17) is 0 Å². The monoisotopic (exact) mass is 283 g/mol. The maximum atomic E-state index is 10.8. The summed E-state index contributed by atoms with van der Waals surface area (Å²) >= 11 is 2.50. The zero-order chi connectivity index (χ0) is 13.1. The second kappa shape index (κ2) is 5.27. The zero-order valence-corrected chi connectivity index (χ0v) is 11.2. The maximum Gasteiger partial charge on any atom is 0.275 e. The number of nitrogens with zero attached hydrogens (tertiary/aromatic N) is 4. The highest BCUT2D eigenvalue weighted by atomic mass is 32.2. The molecule has 2 aromatic rings. The molecule has 9 heteroatoms. The molecule has 0 aliphatic rings. The Kier molecular flexibility index (Phi) is 3.72. The Labute approximate surface area is 111 Å². The molecule has 0 saturated carbocycles. The number of hydrogen-bond donors (Lipinski definition) is 1. The largest absolute Gasteiger partial charge is 0.373 e. The number of hydrogen-bond acceptors (Lipinski definition) is 8. The molecule has 18 heavy (non-hydrogen) atoms. The Bertz CT molecular complexity index is 586. The molecule has 0 aromatic carbocycles. The van der Waals surface area contributed by atoms with Gasteiger partial charge in [-0.2, -0.15) is 4.37 Å². The molecule has 2 aromatic heterocycles. The fourth-order valence-electron chi connectivity index (χ4n) is 1.19. The van der Waals surface area contributed by atoms with Gasteiger partial charge in [0, 0.05) is 13.1 Å². The molecule has 2 rings (SSSR count). The van der Waals surface area contributed by atoms with Crippen molar-refractivity contribution in [2.75, 3.05) is 12.4 Å². The third-order valence-corrected chi connectivity index (χ3v) is 3.72. The van der Waals surface area contributed by atoms with Crippen LogP contribution in [0.5, 0.6) is 0 Å². The quantitative estimate of drug-likeness (QED) is 0.679. The van der Waals surface area contributed by atoms with Gasteiger partial charge in [0.15, 0.2) is 4.34 Å². The lowest BCUT2D eigenvalue weighted by Crippen LogP contribution is -1.96. The summed E-state index contributed by atoms with van der Waals surface area (Å²) in [6.45, 7) is 1.79. The van der Waals surface area contributed by atoms with Crippen LogP contribution in [0.2, 0.25) is 0 Å². The van der Waals surface area contributed by atoms with E-state index in [0.29, 0.717) is 21.0 Å². The van der Waals surface area contributed by atoms with Crippen LogP contribution in [0.25, 0.3) is 0 Å². The van der Waals surface area contributed by atoms with Gasteiger partial charge in [-0.3, -0.25) is 10.1 Å². The third kappa shape index (κ3) is 2.93. The Hall–Kier alpha value is -1.74. The van der Waals surface area contributed by atoms with Gasteiger partial charge in [0.1, 0.15) is 16.7 Å². The number of aromatic nitrogens is 3. The summed E-state index contributed by atoms with van der Waals surface area (Å²) in [5.41, 5.74) is -0.00177. The van der Waals surface area contributed by atoms with Gasteiger partial charge < -0.3 is 5.32 Å². The first-order valence-corrected chi connectivity index (χ1v) is 6.50. The van der Waals surface area contributed by atoms with Crippen LogP contribution < -0.4 is 5.32 Å². The lowest BCUT2D eigenvalue weighted by Gasteiger charge is -2.02. The lowest BCUT2D eigenvalue weighted by atomic mass is 10.4. The first-order chi connectivity index (χ1) is 8.58. The minimum atomic E-state index is -0.446. The van der Waals surface area contributed by atoms with Gasteiger partial charge in [0.25, 0.3) is 5.69 Å². The molecular formula is C9H9N5O2S2. The van der Waals surface area contributed by atoms with E-state index in [1.54, 1.807) is 14.0 Å². The lowest BCUT2D eigenvalue weighted by molar-refractivity contribution is -0.385. The number of nitro groups is 1. The summed E-state index contributed by atoms with van der Waals surface area (Å²) in [6, 6.07) is 2.80. The van der Waals surface area contributed by atoms with Crippen LogP contribution in [0.3, 0.4) is 0 Å². The van der Waals surface area contributed by atoms with Crippen LogP contribution in [0.4, 0.5) is 11.5 Å². The average molecular weight is 283 g/mol. The van der Waals surface area contributed by atoms with Gasteiger partial charge in [0.2, 0.25) is 0 Å². The Balaban J connectivity index is 2.32. The van der Waals surface area contributed by atoms with Crippen molar-refractivity contribution in [1.82, 2.24) is 14.3 Å². The van der Waals surface area contributed by atoms with E-state index in [1.807, 2.05) is 0 Å². The van der Waals surface area contributed by atoms with Crippen LogP contribution in [0.15, 0.2) is 21.5 Å². The van der Waals surface area contributed by atoms with E-state index in [2.05, 4.69) is 19.7 Å². The Morgan fingerprint density at radius 2 is 2.22 bits per heavy atom. The summed E-state index contributed by atoms with van der Waals surface area (Å²) < 4.78 is 4.76. The molecule has 0 fully saturated rings.